The van der Waals surface area contributed by atoms with Gasteiger partial charge in [0.05, 0.1) is 5.69 Å². The summed E-state index contributed by atoms with van der Waals surface area (Å²) in [7, 11) is 0. The standard InChI is InChI=1S/C18H15N3/c1-12-6-2-5-9-16(12)21-18-15-10-13-7-3-4-8-14(13)17(15)19-11-20-18/h2-9,11H,10H2,1H3,(H,19,20,21). The maximum Gasteiger partial charge on any atom is 0.137 e. The lowest BCUT2D eigenvalue weighted by Crippen LogP contribution is -2.00. The van der Waals surface area contributed by atoms with Gasteiger partial charge in [-0.1, -0.05) is 42.5 Å². The first-order chi connectivity index (χ1) is 10.3. The Hall–Kier alpha value is -2.68. The summed E-state index contributed by atoms with van der Waals surface area (Å²) in [5.41, 5.74) is 7.08. The molecule has 0 bridgehead atoms. The SMILES string of the molecule is Cc1ccccc1Nc1ncnc2c1Cc1ccccc1-2. The Morgan fingerprint density at radius 3 is 2.67 bits per heavy atom. The van der Waals surface area contributed by atoms with Crippen LogP contribution in [0.3, 0.4) is 0 Å². The second kappa shape index (κ2) is 4.70. The molecule has 3 heteroatoms. The van der Waals surface area contributed by atoms with E-state index in [-0.39, 0.29) is 0 Å². The molecule has 1 aliphatic rings. The lowest BCUT2D eigenvalue weighted by atomic mass is 10.1. The summed E-state index contributed by atoms with van der Waals surface area (Å²) in [6.45, 7) is 2.10. The molecule has 102 valence electrons. The third-order valence-corrected chi connectivity index (χ3v) is 3.98. The van der Waals surface area contributed by atoms with Gasteiger partial charge < -0.3 is 5.32 Å². The van der Waals surface area contributed by atoms with Gasteiger partial charge in [-0.3, -0.25) is 0 Å². The van der Waals surface area contributed by atoms with Crippen molar-refractivity contribution in [1.82, 2.24) is 9.97 Å². The Balaban J connectivity index is 1.78. The number of nitrogens with one attached hydrogen (secondary N) is 1. The van der Waals surface area contributed by atoms with Crippen LogP contribution in [0, 0.1) is 6.92 Å². The molecule has 0 spiro atoms. The molecule has 21 heavy (non-hydrogen) atoms. The van der Waals surface area contributed by atoms with E-state index in [0.29, 0.717) is 0 Å². The predicted octanol–water partition coefficient (Wildman–Crippen LogP) is 4.10. The number of para-hydroxylation sites is 1. The number of fused-ring (bicyclic) bond motifs is 3. The molecule has 0 radical (unpaired) electrons. The molecule has 1 aliphatic carbocycles. The summed E-state index contributed by atoms with van der Waals surface area (Å²) in [5, 5.41) is 3.46. The van der Waals surface area contributed by atoms with E-state index in [1.807, 2.05) is 12.1 Å². The van der Waals surface area contributed by atoms with Crippen molar-refractivity contribution in [2.45, 2.75) is 13.3 Å². The first-order valence-corrected chi connectivity index (χ1v) is 7.08. The van der Waals surface area contributed by atoms with E-state index in [2.05, 4.69) is 58.6 Å². The summed E-state index contributed by atoms with van der Waals surface area (Å²) in [6.07, 6.45) is 2.53. The van der Waals surface area contributed by atoms with Gasteiger partial charge in [0.15, 0.2) is 0 Å². The molecule has 0 amide bonds. The first kappa shape index (κ1) is 12.1. The monoisotopic (exact) mass is 273 g/mol. The van der Waals surface area contributed by atoms with Crippen molar-refractivity contribution < 1.29 is 0 Å². The zero-order chi connectivity index (χ0) is 14.2. The van der Waals surface area contributed by atoms with Gasteiger partial charge in [0.25, 0.3) is 0 Å². The normalized spacial score (nSPS) is 11.9. The Kier molecular flexibility index (Phi) is 2.71. The van der Waals surface area contributed by atoms with Gasteiger partial charge in [0.2, 0.25) is 0 Å². The van der Waals surface area contributed by atoms with Crippen LogP contribution in [0.15, 0.2) is 54.9 Å². The van der Waals surface area contributed by atoms with Crippen molar-refractivity contribution >= 4 is 11.5 Å². The molecule has 0 saturated heterocycles. The van der Waals surface area contributed by atoms with E-state index < -0.39 is 0 Å². The number of aromatic nitrogens is 2. The van der Waals surface area contributed by atoms with Crippen molar-refractivity contribution in [3.05, 3.63) is 71.5 Å². The first-order valence-electron chi connectivity index (χ1n) is 7.08. The number of benzene rings is 2. The van der Waals surface area contributed by atoms with E-state index >= 15 is 0 Å². The summed E-state index contributed by atoms with van der Waals surface area (Å²) in [4.78, 5) is 8.92. The van der Waals surface area contributed by atoms with Gasteiger partial charge in [0.1, 0.15) is 12.1 Å². The summed E-state index contributed by atoms with van der Waals surface area (Å²) < 4.78 is 0. The molecule has 0 atom stereocenters. The Bertz CT molecular complexity index is 824. The molecular weight excluding hydrogens is 258 g/mol. The van der Waals surface area contributed by atoms with Gasteiger partial charge in [-0.15, -0.1) is 0 Å². The minimum absolute atomic E-state index is 0.889. The Morgan fingerprint density at radius 1 is 0.952 bits per heavy atom. The second-order valence-electron chi connectivity index (χ2n) is 5.32. The fourth-order valence-electron chi connectivity index (χ4n) is 2.86. The summed E-state index contributed by atoms with van der Waals surface area (Å²) >= 11 is 0. The highest BCUT2D eigenvalue weighted by molar-refractivity contribution is 5.79. The molecule has 1 aromatic heterocycles. The van der Waals surface area contributed by atoms with E-state index in [1.165, 1.54) is 22.3 Å². The summed E-state index contributed by atoms with van der Waals surface area (Å²) in [5.74, 6) is 0.908. The van der Waals surface area contributed by atoms with Gasteiger partial charge in [-0.05, 0) is 24.1 Å². The van der Waals surface area contributed by atoms with Crippen LogP contribution in [0.1, 0.15) is 16.7 Å². The average Bonchev–Trinajstić information content (AvgIpc) is 2.89. The highest BCUT2D eigenvalue weighted by atomic mass is 15.0. The van der Waals surface area contributed by atoms with Crippen molar-refractivity contribution in [3.63, 3.8) is 0 Å². The topological polar surface area (TPSA) is 37.8 Å². The van der Waals surface area contributed by atoms with Crippen molar-refractivity contribution in [2.75, 3.05) is 5.32 Å². The number of hydrogen-bond donors (Lipinski definition) is 1. The third kappa shape index (κ3) is 1.98. The predicted molar refractivity (Wildman–Crippen MR) is 84.7 cm³/mol. The smallest absolute Gasteiger partial charge is 0.137 e. The van der Waals surface area contributed by atoms with Gasteiger partial charge in [0, 0.05) is 23.2 Å². The van der Waals surface area contributed by atoms with E-state index in [0.717, 1.165) is 23.6 Å². The fourth-order valence-corrected chi connectivity index (χ4v) is 2.86. The highest BCUT2D eigenvalue weighted by Gasteiger charge is 2.22. The molecule has 1 N–H and O–H groups in total. The maximum atomic E-state index is 4.47. The van der Waals surface area contributed by atoms with Gasteiger partial charge in [-0.25, -0.2) is 9.97 Å². The molecule has 1 heterocycles. The molecule has 4 rings (SSSR count). The number of rotatable bonds is 2. The lowest BCUT2D eigenvalue weighted by Gasteiger charge is -2.11. The molecule has 3 nitrogen and oxygen atoms in total. The zero-order valence-corrected chi connectivity index (χ0v) is 11.8. The number of anilines is 2. The second-order valence-corrected chi connectivity index (χ2v) is 5.32. The molecular formula is C18H15N3. The highest BCUT2D eigenvalue weighted by Crippen LogP contribution is 2.38. The molecule has 3 aromatic rings. The van der Waals surface area contributed by atoms with Crippen LogP contribution in [0.5, 0.6) is 0 Å². The molecule has 0 saturated carbocycles. The van der Waals surface area contributed by atoms with Crippen LogP contribution in [0.4, 0.5) is 11.5 Å². The van der Waals surface area contributed by atoms with Crippen LogP contribution in [0.25, 0.3) is 11.3 Å². The number of nitrogens with zero attached hydrogens (tertiary/aromatic N) is 2. The third-order valence-electron chi connectivity index (χ3n) is 3.98. The minimum atomic E-state index is 0.889. The van der Waals surface area contributed by atoms with Gasteiger partial charge in [-0.2, -0.15) is 0 Å². The van der Waals surface area contributed by atoms with Crippen LogP contribution >= 0.6 is 0 Å². The quantitative estimate of drug-likeness (QED) is 0.597. The number of hydrogen-bond acceptors (Lipinski definition) is 3. The molecule has 0 unspecified atom stereocenters. The van der Waals surface area contributed by atoms with E-state index in [1.54, 1.807) is 6.33 Å². The summed E-state index contributed by atoms with van der Waals surface area (Å²) in [6, 6.07) is 16.7. The minimum Gasteiger partial charge on any atom is -0.340 e. The van der Waals surface area contributed by atoms with Crippen molar-refractivity contribution in [1.29, 1.82) is 0 Å². The number of aryl methyl sites for hydroxylation is 1. The van der Waals surface area contributed by atoms with Crippen LogP contribution < -0.4 is 5.32 Å². The van der Waals surface area contributed by atoms with Crippen molar-refractivity contribution in [2.24, 2.45) is 0 Å². The van der Waals surface area contributed by atoms with Crippen molar-refractivity contribution in [3.8, 4) is 11.3 Å². The van der Waals surface area contributed by atoms with Gasteiger partial charge >= 0.3 is 0 Å². The molecule has 2 aromatic carbocycles. The lowest BCUT2D eigenvalue weighted by molar-refractivity contribution is 1.12. The average molecular weight is 273 g/mol. The zero-order valence-electron chi connectivity index (χ0n) is 11.8. The van der Waals surface area contributed by atoms with Crippen LogP contribution in [-0.4, -0.2) is 9.97 Å². The largest absolute Gasteiger partial charge is 0.340 e. The van der Waals surface area contributed by atoms with E-state index in [9.17, 15) is 0 Å². The molecule has 0 aliphatic heterocycles. The Morgan fingerprint density at radius 2 is 1.76 bits per heavy atom. The fraction of sp³-hybridized carbons (Fsp3) is 0.111. The van der Waals surface area contributed by atoms with E-state index in [4.69, 9.17) is 0 Å². The van der Waals surface area contributed by atoms with Crippen LogP contribution in [0.2, 0.25) is 0 Å². The molecule has 0 fully saturated rings. The maximum absolute atomic E-state index is 4.47. The van der Waals surface area contributed by atoms with Crippen LogP contribution in [-0.2, 0) is 6.42 Å². The Labute approximate surface area is 123 Å².